The number of amides is 6. The Morgan fingerprint density at radius 1 is 0.897 bits per heavy atom. The molecule has 6 amide bonds. The standard InChI is InChI=1S/C41H52N8O9/c1-45(2)21-32-34(56-5)18-25(19-35(32)57-6)30-22-47(4)39(53)31-23-48(14-11-29(30)31)41(55)43-13-16-46(3)15-12-42-37(51)24-58-27-7-8-28-26(17-27)20-49(40(28)54)33-9-10-36(50)44-38(33)52/h7-8,17-19,22,33H,9-16,20-21,23-24H2,1-6H3,(H,42,51)(H,43,55)(H,44,50,52). The highest BCUT2D eigenvalue weighted by Gasteiger charge is 2.39. The minimum atomic E-state index is -0.707. The molecular weight excluding hydrogens is 748 g/mol. The van der Waals surface area contributed by atoms with Gasteiger partial charge < -0.3 is 49.0 Å². The van der Waals surface area contributed by atoms with E-state index in [4.69, 9.17) is 14.2 Å². The van der Waals surface area contributed by atoms with Gasteiger partial charge in [-0.05, 0) is 81.0 Å². The third kappa shape index (κ3) is 9.26. The number of methoxy groups -OCH3 is 2. The number of carbonyl (C=O) groups excluding carboxylic acids is 5. The van der Waals surface area contributed by atoms with Gasteiger partial charge in [-0.1, -0.05) is 0 Å². The number of pyridine rings is 1. The monoisotopic (exact) mass is 800 g/mol. The molecule has 0 radical (unpaired) electrons. The smallest absolute Gasteiger partial charge is 0.317 e. The molecule has 0 bridgehead atoms. The van der Waals surface area contributed by atoms with Gasteiger partial charge in [-0.2, -0.15) is 0 Å². The Morgan fingerprint density at radius 2 is 1.60 bits per heavy atom. The Bertz CT molecular complexity index is 2130. The van der Waals surface area contributed by atoms with Crippen LogP contribution in [0, 0.1) is 0 Å². The summed E-state index contributed by atoms with van der Waals surface area (Å²) >= 11 is 0. The highest BCUT2D eigenvalue weighted by atomic mass is 16.5. The summed E-state index contributed by atoms with van der Waals surface area (Å²) in [6, 6.07) is 7.90. The van der Waals surface area contributed by atoms with Crippen molar-refractivity contribution in [1.29, 1.82) is 0 Å². The van der Waals surface area contributed by atoms with Crippen molar-refractivity contribution in [3.8, 4) is 28.4 Å². The maximum atomic E-state index is 13.4. The van der Waals surface area contributed by atoms with Gasteiger partial charge in [0, 0.05) is 82.2 Å². The normalized spacial score (nSPS) is 16.3. The molecule has 1 unspecified atom stereocenters. The number of ether oxygens (including phenoxy) is 3. The van der Waals surface area contributed by atoms with E-state index in [2.05, 4.69) is 16.0 Å². The molecular formula is C41H52N8O9. The van der Waals surface area contributed by atoms with Crippen LogP contribution >= 0.6 is 0 Å². The molecule has 310 valence electrons. The van der Waals surface area contributed by atoms with Gasteiger partial charge in [0.1, 0.15) is 23.3 Å². The molecule has 0 saturated carbocycles. The van der Waals surface area contributed by atoms with Gasteiger partial charge in [-0.3, -0.25) is 29.3 Å². The molecule has 3 aliphatic rings. The second-order valence-electron chi connectivity index (χ2n) is 15.1. The first-order chi connectivity index (χ1) is 27.8. The number of nitrogens with zero attached hydrogens (tertiary/aromatic N) is 5. The Morgan fingerprint density at radius 3 is 2.28 bits per heavy atom. The Labute approximate surface area is 337 Å². The number of piperidine rings is 1. The fraction of sp³-hybridized carbons (Fsp3) is 0.463. The highest BCUT2D eigenvalue weighted by Crippen LogP contribution is 2.38. The summed E-state index contributed by atoms with van der Waals surface area (Å²) in [5.41, 5.74) is 5.18. The second kappa shape index (κ2) is 18.1. The minimum absolute atomic E-state index is 0.145. The molecule has 4 heterocycles. The van der Waals surface area contributed by atoms with Crippen molar-refractivity contribution >= 4 is 29.7 Å². The fourth-order valence-corrected chi connectivity index (χ4v) is 7.64. The number of imide groups is 1. The second-order valence-corrected chi connectivity index (χ2v) is 15.1. The number of nitrogens with one attached hydrogen (secondary N) is 3. The van der Waals surface area contributed by atoms with Gasteiger partial charge >= 0.3 is 6.03 Å². The fourth-order valence-electron chi connectivity index (χ4n) is 7.64. The zero-order valence-electron chi connectivity index (χ0n) is 33.9. The molecule has 6 rings (SSSR count). The lowest BCUT2D eigenvalue weighted by molar-refractivity contribution is -0.137. The summed E-state index contributed by atoms with van der Waals surface area (Å²) in [5, 5.41) is 8.08. The maximum absolute atomic E-state index is 13.4. The molecule has 3 N–H and O–H groups in total. The summed E-state index contributed by atoms with van der Waals surface area (Å²) in [6.07, 6.45) is 2.80. The zero-order chi connectivity index (χ0) is 41.7. The first-order valence-corrected chi connectivity index (χ1v) is 19.3. The van der Waals surface area contributed by atoms with E-state index in [0.29, 0.717) is 79.6 Å². The number of likely N-dealkylation sites (N-methyl/N-ethyl adjacent to an activating group) is 1. The molecule has 17 heteroatoms. The van der Waals surface area contributed by atoms with Gasteiger partial charge in [0.25, 0.3) is 17.4 Å². The molecule has 1 atom stereocenters. The van der Waals surface area contributed by atoms with Crippen molar-refractivity contribution in [2.75, 3.05) is 74.7 Å². The van der Waals surface area contributed by atoms with Crippen LogP contribution in [-0.4, -0.2) is 135 Å². The molecule has 1 aromatic heterocycles. The summed E-state index contributed by atoms with van der Waals surface area (Å²) in [5.74, 6) is 0.392. The van der Waals surface area contributed by atoms with Crippen LogP contribution in [0.15, 0.2) is 41.3 Å². The summed E-state index contributed by atoms with van der Waals surface area (Å²) < 4.78 is 18.8. The first-order valence-electron chi connectivity index (χ1n) is 19.3. The molecule has 3 aromatic rings. The summed E-state index contributed by atoms with van der Waals surface area (Å²) in [6.45, 7) is 3.04. The number of hydrogen-bond donors (Lipinski definition) is 3. The zero-order valence-corrected chi connectivity index (χ0v) is 33.9. The van der Waals surface area contributed by atoms with Crippen molar-refractivity contribution in [1.82, 2.24) is 40.1 Å². The number of fused-ring (bicyclic) bond motifs is 2. The predicted molar refractivity (Wildman–Crippen MR) is 214 cm³/mol. The number of aryl methyl sites for hydroxylation is 1. The minimum Gasteiger partial charge on any atom is -0.496 e. The van der Waals surface area contributed by atoms with Crippen LogP contribution in [0.5, 0.6) is 17.2 Å². The van der Waals surface area contributed by atoms with Crippen LogP contribution in [0.25, 0.3) is 11.1 Å². The van der Waals surface area contributed by atoms with E-state index in [1.165, 1.54) is 4.90 Å². The van der Waals surface area contributed by atoms with Gasteiger partial charge in [0.2, 0.25) is 11.8 Å². The molecule has 1 saturated heterocycles. The number of aromatic nitrogens is 1. The number of hydrogen-bond acceptors (Lipinski definition) is 11. The molecule has 58 heavy (non-hydrogen) atoms. The van der Waals surface area contributed by atoms with Crippen molar-refractivity contribution in [3.63, 3.8) is 0 Å². The Balaban J connectivity index is 0.943. The molecule has 0 aliphatic carbocycles. The number of rotatable bonds is 15. The van der Waals surface area contributed by atoms with Gasteiger partial charge in [-0.15, -0.1) is 0 Å². The average molecular weight is 801 g/mol. The van der Waals surface area contributed by atoms with Crippen LogP contribution in [0.3, 0.4) is 0 Å². The van der Waals surface area contributed by atoms with Crippen LogP contribution in [0.4, 0.5) is 4.79 Å². The van der Waals surface area contributed by atoms with E-state index in [1.807, 2.05) is 49.3 Å². The van der Waals surface area contributed by atoms with E-state index < -0.39 is 11.9 Å². The van der Waals surface area contributed by atoms with E-state index in [0.717, 1.165) is 22.3 Å². The molecule has 1 fully saturated rings. The SMILES string of the molecule is COc1cc(-c2cn(C)c(=O)c3c2CCN(C(=O)NCCN(C)CCNC(=O)COc2ccc4c(c2)CN(C2CCC(=O)NC2=O)C4=O)C3)cc(OC)c1CN(C)C. The van der Waals surface area contributed by atoms with E-state index in [1.54, 1.807) is 48.9 Å². The van der Waals surface area contributed by atoms with Gasteiger partial charge in [0.05, 0.1) is 26.3 Å². The molecule has 3 aliphatic heterocycles. The van der Waals surface area contributed by atoms with E-state index in [9.17, 15) is 28.8 Å². The maximum Gasteiger partial charge on any atom is 0.317 e. The van der Waals surface area contributed by atoms with Crippen LogP contribution in [0.1, 0.15) is 45.5 Å². The summed E-state index contributed by atoms with van der Waals surface area (Å²) in [7, 11) is 10.8. The van der Waals surface area contributed by atoms with E-state index in [-0.39, 0.29) is 61.8 Å². The van der Waals surface area contributed by atoms with Crippen molar-refractivity contribution in [2.24, 2.45) is 7.05 Å². The first kappa shape index (κ1) is 41.7. The predicted octanol–water partition coefficient (Wildman–Crippen LogP) is 1.09. The average Bonchev–Trinajstić information content (AvgIpc) is 3.52. The van der Waals surface area contributed by atoms with Gasteiger partial charge in [-0.25, -0.2) is 4.79 Å². The molecule has 17 nitrogen and oxygen atoms in total. The highest BCUT2D eigenvalue weighted by molar-refractivity contribution is 6.05. The Hall–Kier alpha value is -5.94. The lowest BCUT2D eigenvalue weighted by Crippen LogP contribution is -2.52. The Kier molecular flexibility index (Phi) is 13.0. The molecule has 0 spiro atoms. The van der Waals surface area contributed by atoms with Crippen LogP contribution in [-0.2, 0) is 47.5 Å². The summed E-state index contributed by atoms with van der Waals surface area (Å²) in [4.78, 5) is 83.0. The third-order valence-electron chi connectivity index (χ3n) is 10.7. The molecule has 2 aromatic carbocycles. The van der Waals surface area contributed by atoms with Gasteiger partial charge in [0.15, 0.2) is 6.61 Å². The van der Waals surface area contributed by atoms with E-state index >= 15 is 0 Å². The number of carbonyl (C=O) groups is 5. The van der Waals surface area contributed by atoms with Crippen LogP contribution in [0.2, 0.25) is 0 Å². The number of urea groups is 1. The lowest BCUT2D eigenvalue weighted by Gasteiger charge is -2.30. The quantitative estimate of drug-likeness (QED) is 0.187. The topological polar surface area (TPSA) is 184 Å². The van der Waals surface area contributed by atoms with Crippen molar-refractivity contribution < 1.29 is 38.2 Å². The van der Waals surface area contributed by atoms with Crippen molar-refractivity contribution in [2.45, 2.75) is 44.9 Å². The third-order valence-corrected chi connectivity index (χ3v) is 10.7. The largest absolute Gasteiger partial charge is 0.496 e. The lowest BCUT2D eigenvalue weighted by atomic mass is 9.91. The van der Waals surface area contributed by atoms with Crippen LogP contribution < -0.4 is 35.7 Å². The number of benzene rings is 2. The van der Waals surface area contributed by atoms with Crippen molar-refractivity contribution in [3.05, 3.63) is 74.7 Å².